The van der Waals surface area contributed by atoms with Gasteiger partial charge in [0.15, 0.2) is 0 Å². The first-order valence-corrected chi connectivity index (χ1v) is 10.1. The van der Waals surface area contributed by atoms with Gasteiger partial charge in [-0.25, -0.2) is 4.98 Å². The average molecular weight is 429 g/mol. The van der Waals surface area contributed by atoms with Crippen LogP contribution in [0, 0.1) is 0 Å². The molecule has 4 aromatic rings. The third-order valence-electron chi connectivity index (χ3n) is 4.09. The van der Waals surface area contributed by atoms with Gasteiger partial charge in [0.25, 0.3) is 5.91 Å². The highest BCUT2D eigenvalue weighted by molar-refractivity contribution is 7.09. The summed E-state index contributed by atoms with van der Waals surface area (Å²) < 4.78 is 16.5. The van der Waals surface area contributed by atoms with E-state index in [1.807, 2.05) is 12.1 Å². The molecule has 0 aliphatic rings. The summed E-state index contributed by atoms with van der Waals surface area (Å²) in [4.78, 5) is 19.1. The van der Waals surface area contributed by atoms with Crippen molar-refractivity contribution in [2.24, 2.45) is 0 Å². The summed E-state index contributed by atoms with van der Waals surface area (Å²) >= 11 is 7.25. The molecule has 0 aliphatic carbocycles. The van der Waals surface area contributed by atoms with Gasteiger partial charge in [-0.2, -0.15) is 0 Å². The van der Waals surface area contributed by atoms with Gasteiger partial charge in [-0.15, -0.1) is 11.3 Å². The van der Waals surface area contributed by atoms with E-state index in [1.165, 1.54) is 11.3 Å². The molecule has 0 bridgehead atoms. The molecule has 0 fully saturated rings. The Bertz CT molecular complexity index is 1010. The quantitative estimate of drug-likeness (QED) is 0.375. The van der Waals surface area contributed by atoms with E-state index in [4.69, 9.17) is 25.2 Å². The molecule has 0 N–H and O–H groups in total. The first-order valence-electron chi connectivity index (χ1n) is 8.84. The molecule has 0 unspecified atom stereocenters. The second-order valence-corrected chi connectivity index (χ2v) is 7.57. The predicted octanol–water partition coefficient (Wildman–Crippen LogP) is 5.40. The van der Waals surface area contributed by atoms with Crippen molar-refractivity contribution in [2.45, 2.75) is 19.7 Å². The molecule has 0 radical (unpaired) electrons. The largest absolute Gasteiger partial charge is 0.486 e. The zero-order chi connectivity index (χ0) is 20.1. The van der Waals surface area contributed by atoms with Crippen molar-refractivity contribution < 1.29 is 18.4 Å². The van der Waals surface area contributed by atoms with Crippen LogP contribution in [0.2, 0.25) is 5.02 Å². The number of aromatic nitrogens is 1. The number of furan rings is 2. The van der Waals surface area contributed by atoms with Crippen LogP contribution in [-0.4, -0.2) is 15.8 Å². The SMILES string of the molecule is O=C(c1csc(COc2ccc(Cl)cc2)n1)N(Cc1ccco1)Cc1ccco1. The van der Waals surface area contributed by atoms with Crippen LogP contribution < -0.4 is 4.74 Å². The number of hydrogen-bond donors (Lipinski definition) is 0. The second-order valence-electron chi connectivity index (χ2n) is 6.19. The molecule has 4 rings (SSSR count). The van der Waals surface area contributed by atoms with Gasteiger partial charge in [0.1, 0.15) is 34.6 Å². The number of halogens is 1. The Hall–Kier alpha value is -3.03. The van der Waals surface area contributed by atoms with Gasteiger partial charge in [0.2, 0.25) is 0 Å². The Labute approximate surface area is 176 Å². The van der Waals surface area contributed by atoms with Crippen molar-refractivity contribution in [2.75, 3.05) is 0 Å². The van der Waals surface area contributed by atoms with E-state index in [1.54, 1.807) is 59.2 Å². The Kier molecular flexibility index (Phi) is 5.97. The summed E-state index contributed by atoms with van der Waals surface area (Å²) in [6.07, 6.45) is 3.17. The van der Waals surface area contributed by atoms with E-state index < -0.39 is 0 Å². The maximum atomic E-state index is 13.1. The van der Waals surface area contributed by atoms with Gasteiger partial charge in [-0.05, 0) is 48.5 Å². The molecule has 1 amide bonds. The van der Waals surface area contributed by atoms with Crippen LogP contribution in [0.15, 0.2) is 75.3 Å². The monoisotopic (exact) mass is 428 g/mol. The lowest BCUT2D eigenvalue weighted by atomic mass is 10.3. The summed E-state index contributed by atoms with van der Waals surface area (Å²) in [7, 11) is 0. The van der Waals surface area contributed by atoms with Gasteiger partial charge in [-0.1, -0.05) is 11.6 Å². The van der Waals surface area contributed by atoms with Gasteiger partial charge in [0.05, 0.1) is 25.6 Å². The van der Waals surface area contributed by atoms with E-state index in [9.17, 15) is 4.79 Å². The number of amides is 1. The number of rotatable bonds is 8. The maximum absolute atomic E-state index is 13.1. The molecule has 3 aromatic heterocycles. The Morgan fingerprint density at radius 2 is 1.69 bits per heavy atom. The molecule has 8 heteroatoms. The van der Waals surface area contributed by atoms with E-state index in [0.717, 1.165) is 0 Å². The first kappa shape index (κ1) is 19.3. The molecule has 29 heavy (non-hydrogen) atoms. The van der Waals surface area contributed by atoms with Crippen LogP contribution in [0.1, 0.15) is 27.0 Å². The predicted molar refractivity (Wildman–Crippen MR) is 109 cm³/mol. The molecule has 3 heterocycles. The number of carbonyl (C=O) groups is 1. The molecule has 0 saturated heterocycles. The Morgan fingerprint density at radius 1 is 1.03 bits per heavy atom. The topological polar surface area (TPSA) is 68.7 Å². The second kappa shape index (κ2) is 8.98. The van der Waals surface area contributed by atoms with Gasteiger partial charge < -0.3 is 18.5 Å². The molecule has 6 nitrogen and oxygen atoms in total. The van der Waals surface area contributed by atoms with Crippen LogP contribution in [-0.2, 0) is 19.7 Å². The normalized spacial score (nSPS) is 10.8. The number of carbonyl (C=O) groups excluding carboxylic acids is 1. The van der Waals surface area contributed by atoms with Crippen LogP contribution in [0.25, 0.3) is 0 Å². The molecule has 1 aromatic carbocycles. The minimum absolute atomic E-state index is 0.202. The number of thiazole rings is 1. The molecular formula is C21H17ClN2O4S. The standard InChI is InChI=1S/C21H17ClN2O4S/c22-15-5-7-16(8-6-15)28-13-20-23-19(14-29-20)21(25)24(11-17-3-1-9-26-17)12-18-4-2-10-27-18/h1-10,14H,11-13H2. The highest BCUT2D eigenvalue weighted by atomic mass is 35.5. The fourth-order valence-electron chi connectivity index (χ4n) is 2.69. The lowest BCUT2D eigenvalue weighted by Crippen LogP contribution is -2.30. The molecule has 0 saturated carbocycles. The van der Waals surface area contributed by atoms with E-state index in [-0.39, 0.29) is 12.5 Å². The third kappa shape index (κ3) is 5.07. The highest BCUT2D eigenvalue weighted by Crippen LogP contribution is 2.20. The van der Waals surface area contributed by atoms with Crippen LogP contribution in [0.3, 0.4) is 0 Å². The molecule has 148 valence electrons. The zero-order valence-corrected chi connectivity index (χ0v) is 16.9. The fourth-order valence-corrected chi connectivity index (χ4v) is 3.50. The summed E-state index contributed by atoms with van der Waals surface area (Å²) in [5, 5.41) is 3.09. The van der Waals surface area contributed by atoms with E-state index in [2.05, 4.69) is 4.98 Å². The average Bonchev–Trinajstić information content (AvgIpc) is 3.49. The number of benzene rings is 1. The molecule has 0 aliphatic heterocycles. The molecular weight excluding hydrogens is 412 g/mol. The molecule has 0 spiro atoms. The Balaban J connectivity index is 1.44. The van der Waals surface area contributed by atoms with Crippen molar-refractivity contribution in [3.8, 4) is 5.75 Å². The number of hydrogen-bond acceptors (Lipinski definition) is 6. The lowest BCUT2D eigenvalue weighted by Gasteiger charge is -2.19. The number of nitrogens with zero attached hydrogens (tertiary/aromatic N) is 2. The summed E-state index contributed by atoms with van der Waals surface area (Å²) in [6.45, 7) is 0.914. The fraction of sp³-hybridized carbons (Fsp3) is 0.143. The maximum Gasteiger partial charge on any atom is 0.274 e. The van der Waals surface area contributed by atoms with Crippen LogP contribution in [0.5, 0.6) is 5.75 Å². The van der Waals surface area contributed by atoms with Crippen molar-refractivity contribution in [3.63, 3.8) is 0 Å². The third-order valence-corrected chi connectivity index (χ3v) is 5.16. The van der Waals surface area contributed by atoms with E-state index in [0.29, 0.717) is 46.1 Å². The van der Waals surface area contributed by atoms with Crippen molar-refractivity contribution in [1.29, 1.82) is 0 Å². The van der Waals surface area contributed by atoms with Crippen molar-refractivity contribution in [3.05, 3.63) is 93.7 Å². The summed E-state index contributed by atoms with van der Waals surface area (Å²) in [5.74, 6) is 1.86. The van der Waals surface area contributed by atoms with Crippen LogP contribution >= 0.6 is 22.9 Å². The summed E-state index contributed by atoms with van der Waals surface area (Å²) in [6, 6.07) is 14.3. The van der Waals surface area contributed by atoms with Gasteiger partial charge in [0, 0.05) is 10.4 Å². The molecule has 0 atom stereocenters. The summed E-state index contributed by atoms with van der Waals surface area (Å²) in [5.41, 5.74) is 0.364. The van der Waals surface area contributed by atoms with Gasteiger partial charge >= 0.3 is 0 Å². The van der Waals surface area contributed by atoms with E-state index >= 15 is 0 Å². The van der Waals surface area contributed by atoms with Crippen molar-refractivity contribution >= 4 is 28.8 Å². The number of ether oxygens (including phenoxy) is 1. The zero-order valence-electron chi connectivity index (χ0n) is 15.3. The smallest absolute Gasteiger partial charge is 0.274 e. The highest BCUT2D eigenvalue weighted by Gasteiger charge is 2.21. The minimum atomic E-state index is -0.202. The minimum Gasteiger partial charge on any atom is -0.486 e. The lowest BCUT2D eigenvalue weighted by molar-refractivity contribution is 0.0699. The van der Waals surface area contributed by atoms with Gasteiger partial charge in [-0.3, -0.25) is 4.79 Å². The van der Waals surface area contributed by atoms with Crippen LogP contribution in [0.4, 0.5) is 0 Å². The first-order chi connectivity index (χ1) is 14.2. The Morgan fingerprint density at radius 3 is 2.28 bits per heavy atom. The van der Waals surface area contributed by atoms with Crippen molar-refractivity contribution in [1.82, 2.24) is 9.88 Å².